The molecule has 0 fully saturated rings. The molecule has 0 atom stereocenters. The highest BCUT2D eigenvalue weighted by atomic mass is 35.5. The van der Waals surface area contributed by atoms with Crippen LogP contribution in [0.15, 0.2) is 47.6 Å². The third kappa shape index (κ3) is 3.51. The molecular formula is C14H10ClF2NO. The first-order valence-corrected chi connectivity index (χ1v) is 5.89. The molecule has 0 bridgehead atoms. The molecule has 2 aromatic carbocycles. The molecule has 2 rings (SSSR count). The standard InChI is InChI=1S/C14H10ClF2NO/c15-12-5-2-1-4-10(12)8-18-19-9-11-13(16)6-3-7-14(11)17/h1-8H,9H2. The van der Waals surface area contributed by atoms with Gasteiger partial charge in [-0.2, -0.15) is 0 Å². The summed E-state index contributed by atoms with van der Waals surface area (Å²) in [6, 6.07) is 10.7. The third-order valence-corrected chi connectivity index (χ3v) is 2.79. The van der Waals surface area contributed by atoms with Crippen LogP contribution in [0.3, 0.4) is 0 Å². The Bertz CT molecular complexity index is 581. The maximum absolute atomic E-state index is 13.3. The van der Waals surface area contributed by atoms with Gasteiger partial charge in [0, 0.05) is 10.6 Å². The molecule has 5 heteroatoms. The fourth-order valence-electron chi connectivity index (χ4n) is 1.45. The van der Waals surface area contributed by atoms with Crippen LogP contribution in [0, 0.1) is 11.6 Å². The highest BCUT2D eigenvalue weighted by molar-refractivity contribution is 6.33. The van der Waals surface area contributed by atoms with E-state index in [1.165, 1.54) is 24.4 Å². The molecule has 2 nitrogen and oxygen atoms in total. The van der Waals surface area contributed by atoms with Crippen LogP contribution in [-0.2, 0) is 11.4 Å². The summed E-state index contributed by atoms with van der Waals surface area (Å²) in [6.07, 6.45) is 1.39. The molecule has 19 heavy (non-hydrogen) atoms. The lowest BCUT2D eigenvalue weighted by atomic mass is 10.2. The van der Waals surface area contributed by atoms with E-state index in [1.807, 2.05) is 0 Å². The molecule has 0 aliphatic carbocycles. The second-order valence-corrected chi connectivity index (χ2v) is 4.14. The van der Waals surface area contributed by atoms with E-state index in [4.69, 9.17) is 16.4 Å². The van der Waals surface area contributed by atoms with Crippen molar-refractivity contribution >= 4 is 17.8 Å². The van der Waals surface area contributed by atoms with Gasteiger partial charge >= 0.3 is 0 Å². The summed E-state index contributed by atoms with van der Waals surface area (Å²) in [7, 11) is 0. The minimum absolute atomic E-state index is 0.154. The Labute approximate surface area is 114 Å². The van der Waals surface area contributed by atoms with Gasteiger partial charge in [0.2, 0.25) is 0 Å². The van der Waals surface area contributed by atoms with Crippen molar-refractivity contribution in [2.45, 2.75) is 6.61 Å². The molecule has 0 N–H and O–H groups in total. The summed E-state index contributed by atoms with van der Waals surface area (Å²) in [6.45, 7) is -0.278. The van der Waals surface area contributed by atoms with Crippen molar-refractivity contribution in [1.29, 1.82) is 0 Å². The number of oxime groups is 1. The third-order valence-electron chi connectivity index (χ3n) is 2.44. The monoisotopic (exact) mass is 281 g/mol. The van der Waals surface area contributed by atoms with Crippen molar-refractivity contribution in [2.75, 3.05) is 0 Å². The number of hydrogen-bond acceptors (Lipinski definition) is 2. The number of benzene rings is 2. The summed E-state index contributed by atoms with van der Waals surface area (Å²) < 4.78 is 26.5. The molecule has 2 aromatic rings. The Morgan fingerprint density at radius 3 is 2.42 bits per heavy atom. The molecule has 0 unspecified atom stereocenters. The Balaban J connectivity index is 1.99. The van der Waals surface area contributed by atoms with E-state index in [0.29, 0.717) is 10.6 Å². The maximum atomic E-state index is 13.3. The lowest BCUT2D eigenvalue weighted by Crippen LogP contribution is -1.96. The van der Waals surface area contributed by atoms with E-state index in [9.17, 15) is 8.78 Å². The lowest BCUT2D eigenvalue weighted by Gasteiger charge is -2.03. The summed E-state index contributed by atoms with van der Waals surface area (Å²) in [5.41, 5.74) is 0.511. The van der Waals surface area contributed by atoms with Crippen molar-refractivity contribution < 1.29 is 13.6 Å². The first-order chi connectivity index (χ1) is 9.18. The molecule has 0 radical (unpaired) electrons. The molecule has 0 aliphatic heterocycles. The smallest absolute Gasteiger partial charge is 0.147 e. The average Bonchev–Trinajstić information content (AvgIpc) is 2.39. The fraction of sp³-hybridized carbons (Fsp3) is 0.0714. The van der Waals surface area contributed by atoms with Crippen molar-refractivity contribution in [2.24, 2.45) is 5.16 Å². The predicted octanol–water partition coefficient (Wildman–Crippen LogP) is 4.17. The van der Waals surface area contributed by atoms with E-state index < -0.39 is 11.6 Å². The van der Waals surface area contributed by atoms with Gasteiger partial charge in [-0.3, -0.25) is 0 Å². The van der Waals surface area contributed by atoms with Gasteiger partial charge in [0.15, 0.2) is 0 Å². The average molecular weight is 282 g/mol. The number of rotatable bonds is 4. The van der Waals surface area contributed by atoms with Crippen molar-refractivity contribution in [1.82, 2.24) is 0 Å². The molecule has 0 aromatic heterocycles. The second-order valence-electron chi connectivity index (χ2n) is 3.73. The topological polar surface area (TPSA) is 21.6 Å². The second kappa shape index (κ2) is 6.29. The fourth-order valence-corrected chi connectivity index (χ4v) is 1.63. The molecule has 98 valence electrons. The molecule has 0 saturated heterocycles. The van der Waals surface area contributed by atoms with E-state index in [1.54, 1.807) is 24.3 Å². The molecular weight excluding hydrogens is 272 g/mol. The van der Waals surface area contributed by atoms with E-state index in [2.05, 4.69) is 5.16 Å². The Kier molecular flexibility index (Phi) is 4.47. The van der Waals surface area contributed by atoms with Gasteiger partial charge in [-0.05, 0) is 18.2 Å². The number of hydrogen-bond donors (Lipinski definition) is 0. The van der Waals surface area contributed by atoms with Crippen molar-refractivity contribution in [3.63, 3.8) is 0 Å². The van der Waals surface area contributed by atoms with E-state index >= 15 is 0 Å². The van der Waals surface area contributed by atoms with Gasteiger partial charge in [0.1, 0.15) is 18.2 Å². The Hall–Kier alpha value is -1.94. The first kappa shape index (κ1) is 13.5. The molecule has 0 aliphatic rings. The quantitative estimate of drug-likeness (QED) is 0.609. The van der Waals surface area contributed by atoms with Gasteiger partial charge in [0.25, 0.3) is 0 Å². The van der Waals surface area contributed by atoms with Crippen LogP contribution in [0.1, 0.15) is 11.1 Å². The highest BCUT2D eigenvalue weighted by Crippen LogP contribution is 2.14. The van der Waals surface area contributed by atoms with Crippen LogP contribution in [-0.4, -0.2) is 6.21 Å². The zero-order valence-electron chi connectivity index (χ0n) is 9.82. The SMILES string of the molecule is Fc1cccc(F)c1CON=Cc1ccccc1Cl. The Morgan fingerprint density at radius 2 is 1.74 bits per heavy atom. The normalized spacial score (nSPS) is 10.9. The highest BCUT2D eigenvalue weighted by Gasteiger charge is 2.08. The maximum Gasteiger partial charge on any atom is 0.147 e. The summed E-state index contributed by atoms with van der Waals surface area (Å²) in [5, 5.41) is 4.16. The van der Waals surface area contributed by atoms with E-state index in [0.717, 1.165) is 0 Å². The largest absolute Gasteiger partial charge is 0.391 e. The van der Waals surface area contributed by atoms with Gasteiger partial charge in [0.05, 0.1) is 11.8 Å². The van der Waals surface area contributed by atoms with Crippen molar-refractivity contribution in [3.05, 3.63) is 70.2 Å². The minimum Gasteiger partial charge on any atom is -0.391 e. The van der Waals surface area contributed by atoms with Crippen molar-refractivity contribution in [3.8, 4) is 0 Å². The van der Waals surface area contributed by atoms with Crippen LogP contribution >= 0.6 is 11.6 Å². The number of nitrogens with zero attached hydrogens (tertiary/aromatic N) is 1. The molecule has 0 saturated carbocycles. The minimum atomic E-state index is -0.659. The lowest BCUT2D eigenvalue weighted by molar-refractivity contribution is 0.126. The van der Waals surface area contributed by atoms with Crippen LogP contribution in [0.4, 0.5) is 8.78 Å². The van der Waals surface area contributed by atoms with Crippen LogP contribution in [0.25, 0.3) is 0 Å². The zero-order valence-corrected chi connectivity index (χ0v) is 10.6. The van der Waals surface area contributed by atoms with Gasteiger partial charge < -0.3 is 4.84 Å². The van der Waals surface area contributed by atoms with Crippen LogP contribution in [0.5, 0.6) is 0 Å². The predicted molar refractivity (Wildman–Crippen MR) is 70.2 cm³/mol. The Morgan fingerprint density at radius 1 is 1.05 bits per heavy atom. The van der Waals surface area contributed by atoms with Gasteiger partial charge in [-0.15, -0.1) is 0 Å². The molecule has 0 amide bonds. The molecule has 0 spiro atoms. The number of halogens is 3. The van der Waals surface area contributed by atoms with E-state index in [-0.39, 0.29) is 12.2 Å². The first-order valence-electron chi connectivity index (χ1n) is 5.51. The molecule has 0 heterocycles. The van der Waals surface area contributed by atoms with Gasteiger partial charge in [-0.1, -0.05) is 41.0 Å². The van der Waals surface area contributed by atoms with Gasteiger partial charge in [-0.25, -0.2) is 8.78 Å². The summed E-state index contributed by atoms with van der Waals surface area (Å²) >= 11 is 5.90. The zero-order chi connectivity index (χ0) is 13.7. The van der Waals surface area contributed by atoms with Crippen LogP contribution in [0.2, 0.25) is 5.02 Å². The summed E-state index contributed by atoms with van der Waals surface area (Å²) in [5.74, 6) is -1.32. The summed E-state index contributed by atoms with van der Waals surface area (Å²) in [4.78, 5) is 4.87. The van der Waals surface area contributed by atoms with Crippen LogP contribution < -0.4 is 0 Å².